The Labute approximate surface area is 188 Å². The van der Waals surface area contributed by atoms with Gasteiger partial charge in [-0.25, -0.2) is 9.59 Å². The third-order valence-corrected chi connectivity index (χ3v) is 5.80. The highest BCUT2D eigenvalue weighted by Gasteiger charge is 2.29. The Morgan fingerprint density at radius 2 is 1.56 bits per heavy atom. The molecular weight excluding hydrogens is 408 g/mol. The van der Waals surface area contributed by atoms with E-state index in [1.807, 2.05) is 38.1 Å². The van der Waals surface area contributed by atoms with E-state index < -0.39 is 30.1 Å². The number of rotatable bonds is 10. The number of hydrogen-bond donors (Lipinski definition) is 3. The lowest BCUT2D eigenvalue weighted by Crippen LogP contribution is -2.44. The van der Waals surface area contributed by atoms with Crippen molar-refractivity contribution in [3.05, 3.63) is 59.7 Å². The molecule has 0 spiro atoms. The smallest absolute Gasteiger partial charge is 0.407 e. The lowest BCUT2D eigenvalue weighted by atomic mass is 9.98. The topological polar surface area (TPSA) is 105 Å². The predicted molar refractivity (Wildman–Crippen MR) is 121 cm³/mol. The zero-order chi connectivity index (χ0) is 23.1. The molecule has 7 nitrogen and oxygen atoms in total. The fraction of sp³-hybridized carbons (Fsp3) is 0.400. The summed E-state index contributed by atoms with van der Waals surface area (Å²) in [6, 6.07) is 14.8. The van der Waals surface area contributed by atoms with Crippen LogP contribution in [0, 0.1) is 0 Å². The molecule has 3 rings (SSSR count). The molecule has 1 aliphatic rings. The summed E-state index contributed by atoms with van der Waals surface area (Å²) in [6.07, 6.45) is 0.927. The first kappa shape index (κ1) is 23.3. The summed E-state index contributed by atoms with van der Waals surface area (Å²) < 4.78 is 5.54. The maximum absolute atomic E-state index is 12.4. The van der Waals surface area contributed by atoms with Crippen molar-refractivity contribution in [1.82, 2.24) is 10.6 Å². The molecular formula is C25H30N2O5. The number of carbonyl (C=O) groups excluding carboxylic acids is 2. The van der Waals surface area contributed by atoms with Crippen LogP contribution in [0.5, 0.6) is 0 Å². The van der Waals surface area contributed by atoms with Crippen LogP contribution >= 0.6 is 0 Å². The average Bonchev–Trinajstić information content (AvgIpc) is 3.10. The van der Waals surface area contributed by atoms with Crippen LogP contribution in [-0.2, 0) is 14.3 Å². The number of aliphatic carboxylic acids is 1. The van der Waals surface area contributed by atoms with Gasteiger partial charge in [0.15, 0.2) is 0 Å². The molecule has 2 aromatic rings. The van der Waals surface area contributed by atoms with Gasteiger partial charge >= 0.3 is 12.1 Å². The highest BCUT2D eigenvalue weighted by atomic mass is 16.5. The fourth-order valence-corrected chi connectivity index (χ4v) is 4.13. The molecule has 7 heteroatoms. The van der Waals surface area contributed by atoms with Crippen molar-refractivity contribution in [3.8, 4) is 11.1 Å². The van der Waals surface area contributed by atoms with Crippen LogP contribution in [-0.4, -0.2) is 41.8 Å². The van der Waals surface area contributed by atoms with Gasteiger partial charge in [0.05, 0.1) is 0 Å². The molecule has 0 saturated carbocycles. The summed E-state index contributed by atoms with van der Waals surface area (Å²) in [5.41, 5.74) is 4.56. The van der Waals surface area contributed by atoms with Crippen molar-refractivity contribution >= 4 is 18.0 Å². The molecule has 3 N–H and O–H groups in total. The number of benzene rings is 2. The summed E-state index contributed by atoms with van der Waals surface area (Å²) in [6.45, 7) is 3.90. The third-order valence-electron chi connectivity index (χ3n) is 5.80. The Morgan fingerprint density at radius 1 is 0.969 bits per heavy atom. The van der Waals surface area contributed by atoms with Gasteiger partial charge in [-0.05, 0) is 35.1 Å². The van der Waals surface area contributed by atoms with Gasteiger partial charge in [0.1, 0.15) is 12.6 Å². The SMILES string of the molecule is CCC[C@H](NC(=O)C[C@H](CC)NC(=O)OCC1c2ccccc2-c2ccccc21)C(=O)O. The van der Waals surface area contributed by atoms with Crippen LogP contribution in [0.2, 0.25) is 0 Å². The molecule has 0 saturated heterocycles. The molecule has 2 aromatic carbocycles. The molecule has 2 atom stereocenters. The first-order valence-electron chi connectivity index (χ1n) is 11.1. The lowest BCUT2D eigenvalue weighted by molar-refractivity contribution is -0.142. The third kappa shape index (κ3) is 5.46. The summed E-state index contributed by atoms with van der Waals surface area (Å²) in [7, 11) is 0. The number of carbonyl (C=O) groups is 3. The van der Waals surface area contributed by atoms with Crippen molar-refractivity contribution in [3.63, 3.8) is 0 Å². The van der Waals surface area contributed by atoms with E-state index in [1.165, 1.54) is 0 Å². The number of hydrogen-bond acceptors (Lipinski definition) is 4. The molecule has 0 aliphatic heterocycles. The van der Waals surface area contributed by atoms with E-state index in [2.05, 4.69) is 34.9 Å². The lowest BCUT2D eigenvalue weighted by Gasteiger charge is -2.20. The van der Waals surface area contributed by atoms with Crippen molar-refractivity contribution < 1.29 is 24.2 Å². The summed E-state index contributed by atoms with van der Waals surface area (Å²) in [4.78, 5) is 35.9. The van der Waals surface area contributed by atoms with Crippen LogP contribution < -0.4 is 10.6 Å². The van der Waals surface area contributed by atoms with E-state index in [4.69, 9.17) is 4.74 Å². The summed E-state index contributed by atoms with van der Waals surface area (Å²) in [5, 5.41) is 14.5. The van der Waals surface area contributed by atoms with E-state index in [1.54, 1.807) is 0 Å². The standard InChI is InChI=1S/C25H30N2O5/c1-3-9-22(24(29)30)27-23(28)14-16(4-2)26-25(31)32-15-21-19-12-7-5-10-17(19)18-11-6-8-13-20(18)21/h5-8,10-13,16,21-22H,3-4,9,14-15H2,1-2H3,(H,26,31)(H,27,28)(H,29,30)/t16-,22-/m0/s1. The highest BCUT2D eigenvalue weighted by Crippen LogP contribution is 2.44. The summed E-state index contributed by atoms with van der Waals surface area (Å²) >= 11 is 0. The van der Waals surface area contributed by atoms with Gasteiger partial charge in [0.25, 0.3) is 0 Å². The maximum atomic E-state index is 12.4. The summed E-state index contributed by atoms with van der Waals surface area (Å²) in [5.74, 6) is -1.50. The molecule has 0 radical (unpaired) electrons. The van der Waals surface area contributed by atoms with Crippen LogP contribution in [0.25, 0.3) is 11.1 Å². The number of alkyl carbamates (subject to hydrolysis) is 1. The Hall–Kier alpha value is -3.35. The first-order valence-corrected chi connectivity index (χ1v) is 11.1. The minimum Gasteiger partial charge on any atom is -0.480 e. The number of carboxylic acid groups (broad SMARTS) is 1. The molecule has 1 aliphatic carbocycles. The van der Waals surface area contributed by atoms with E-state index >= 15 is 0 Å². The quantitative estimate of drug-likeness (QED) is 0.519. The number of ether oxygens (including phenoxy) is 1. The monoisotopic (exact) mass is 438 g/mol. The number of fused-ring (bicyclic) bond motifs is 3. The predicted octanol–water partition coefficient (Wildman–Crippen LogP) is 4.06. The second-order valence-corrected chi connectivity index (χ2v) is 8.03. The number of nitrogens with one attached hydrogen (secondary N) is 2. The maximum Gasteiger partial charge on any atom is 0.407 e. The zero-order valence-electron chi connectivity index (χ0n) is 18.5. The van der Waals surface area contributed by atoms with Gasteiger partial charge in [-0.1, -0.05) is 68.8 Å². The second-order valence-electron chi connectivity index (χ2n) is 8.03. The Balaban J connectivity index is 1.56. The van der Waals surface area contributed by atoms with E-state index in [-0.39, 0.29) is 18.9 Å². The van der Waals surface area contributed by atoms with E-state index in [9.17, 15) is 19.5 Å². The van der Waals surface area contributed by atoms with E-state index in [0.717, 1.165) is 22.3 Å². The van der Waals surface area contributed by atoms with Crippen LogP contribution in [0.15, 0.2) is 48.5 Å². The van der Waals surface area contributed by atoms with Gasteiger partial charge in [-0.2, -0.15) is 0 Å². The van der Waals surface area contributed by atoms with Crippen molar-refractivity contribution in [2.75, 3.05) is 6.61 Å². The molecule has 0 aromatic heterocycles. The minimum atomic E-state index is -1.06. The number of amides is 2. The van der Waals surface area contributed by atoms with Crippen LogP contribution in [0.1, 0.15) is 56.6 Å². The Bertz CT molecular complexity index is 929. The largest absolute Gasteiger partial charge is 0.480 e. The van der Waals surface area contributed by atoms with Crippen molar-refractivity contribution in [1.29, 1.82) is 0 Å². The average molecular weight is 439 g/mol. The second kappa shape index (κ2) is 10.8. The molecule has 0 fully saturated rings. The van der Waals surface area contributed by atoms with Gasteiger partial charge < -0.3 is 20.5 Å². The molecule has 0 heterocycles. The van der Waals surface area contributed by atoms with Crippen LogP contribution in [0.4, 0.5) is 4.79 Å². The Morgan fingerprint density at radius 3 is 2.09 bits per heavy atom. The van der Waals surface area contributed by atoms with Crippen LogP contribution in [0.3, 0.4) is 0 Å². The minimum absolute atomic E-state index is 0.00576. The van der Waals surface area contributed by atoms with Gasteiger partial charge in [-0.3, -0.25) is 4.79 Å². The first-order chi connectivity index (χ1) is 15.4. The molecule has 2 amide bonds. The Kier molecular flexibility index (Phi) is 7.87. The normalized spacial score (nSPS) is 14.1. The van der Waals surface area contributed by atoms with Gasteiger partial charge in [-0.15, -0.1) is 0 Å². The molecule has 32 heavy (non-hydrogen) atoms. The van der Waals surface area contributed by atoms with Crippen molar-refractivity contribution in [2.45, 2.75) is 57.5 Å². The fourth-order valence-electron chi connectivity index (χ4n) is 4.13. The molecule has 0 bridgehead atoms. The van der Waals surface area contributed by atoms with Gasteiger partial charge in [0, 0.05) is 18.4 Å². The zero-order valence-corrected chi connectivity index (χ0v) is 18.5. The molecule has 170 valence electrons. The van der Waals surface area contributed by atoms with Crippen molar-refractivity contribution in [2.24, 2.45) is 0 Å². The molecule has 0 unspecified atom stereocenters. The van der Waals surface area contributed by atoms with E-state index in [0.29, 0.717) is 19.3 Å². The van der Waals surface area contributed by atoms with Gasteiger partial charge in [0.2, 0.25) is 5.91 Å². The number of carboxylic acids is 1. The highest BCUT2D eigenvalue weighted by molar-refractivity contribution is 5.84.